The van der Waals surface area contributed by atoms with Crippen LogP contribution >= 0.6 is 0 Å². The monoisotopic (exact) mass is 597 g/mol. The molecule has 1 spiro atoms. The first-order valence-electron chi connectivity index (χ1n) is 13.5. The summed E-state index contributed by atoms with van der Waals surface area (Å²) in [6.45, 7) is 6.51. The zero-order valence-corrected chi connectivity index (χ0v) is 23.8. The van der Waals surface area contributed by atoms with Crippen LogP contribution in [0.2, 0.25) is 0 Å². The molecule has 0 bridgehead atoms. The van der Waals surface area contributed by atoms with Gasteiger partial charge >= 0.3 is 12.2 Å². The number of anilines is 2. The first-order chi connectivity index (χ1) is 19.2. The van der Waals surface area contributed by atoms with Gasteiger partial charge < -0.3 is 14.7 Å². The van der Waals surface area contributed by atoms with E-state index in [0.29, 0.717) is 64.6 Å². The molecule has 41 heavy (non-hydrogen) atoms. The van der Waals surface area contributed by atoms with E-state index in [-0.39, 0.29) is 23.2 Å². The summed E-state index contributed by atoms with van der Waals surface area (Å²) in [6.07, 6.45) is -0.378. The Morgan fingerprint density at radius 1 is 1.00 bits per heavy atom. The first-order valence-corrected chi connectivity index (χ1v) is 15.4. The van der Waals surface area contributed by atoms with Crippen LogP contribution in [0.25, 0.3) is 0 Å². The summed E-state index contributed by atoms with van der Waals surface area (Å²) in [5.41, 5.74) is 0.729. The maximum Gasteiger partial charge on any atom is 0.416 e. The highest BCUT2D eigenvalue weighted by Gasteiger charge is 2.46. The molecule has 0 aliphatic carbocycles. The molecule has 1 aromatic carbocycles. The fraction of sp³-hybridized carbons (Fsp3) is 0.577. The number of hydrogen-bond acceptors (Lipinski definition) is 7. The van der Waals surface area contributed by atoms with Gasteiger partial charge in [0.25, 0.3) is 0 Å². The Balaban J connectivity index is 1.22. The average Bonchev–Trinajstić information content (AvgIpc) is 3.34. The number of nitrogens with zero attached hydrogens (tertiary/aromatic N) is 6. The second kappa shape index (κ2) is 10.8. The van der Waals surface area contributed by atoms with Gasteiger partial charge in [0.1, 0.15) is 0 Å². The van der Waals surface area contributed by atoms with Crippen LogP contribution in [0.15, 0.2) is 30.5 Å². The molecule has 3 aliphatic heterocycles. The second-order valence-electron chi connectivity index (χ2n) is 11.3. The number of carbonyl (C=O) groups excluding carboxylic acids is 2. The van der Waals surface area contributed by atoms with Crippen LogP contribution in [-0.2, 0) is 27.5 Å². The normalized spacial score (nSPS) is 19.8. The van der Waals surface area contributed by atoms with E-state index < -0.39 is 21.8 Å². The number of aromatic nitrogens is 2. The van der Waals surface area contributed by atoms with Crippen LogP contribution in [0.3, 0.4) is 0 Å². The van der Waals surface area contributed by atoms with Crippen LogP contribution in [0.4, 0.5) is 29.5 Å². The number of piperidine rings is 1. The Bertz CT molecular complexity index is 1400. The summed E-state index contributed by atoms with van der Waals surface area (Å²) in [6, 6.07) is 4.93. The van der Waals surface area contributed by atoms with E-state index >= 15 is 0 Å². The Labute approximate surface area is 236 Å². The summed E-state index contributed by atoms with van der Waals surface area (Å²) in [5.74, 6) is 0.0998. The number of nitrogens with one attached hydrogen (secondary N) is 1. The van der Waals surface area contributed by atoms with Gasteiger partial charge in [-0.2, -0.15) is 17.9 Å². The number of amides is 2. The SMILES string of the molecule is CC(=O)N1CCC2(CC1)CN(c1cc(C(F)(F)F)ccc1CN1CCN(C(=O)n3ccc(NS(C)(=O)=O)n3)CC1)C2. The van der Waals surface area contributed by atoms with Gasteiger partial charge in [0, 0.05) is 89.2 Å². The molecule has 0 radical (unpaired) electrons. The lowest BCUT2D eigenvalue weighted by Crippen LogP contribution is -2.61. The minimum Gasteiger partial charge on any atom is -0.370 e. The van der Waals surface area contributed by atoms with Crippen molar-refractivity contribution < 1.29 is 31.2 Å². The van der Waals surface area contributed by atoms with Gasteiger partial charge in [-0.05, 0) is 30.5 Å². The number of benzene rings is 1. The molecular weight excluding hydrogens is 563 g/mol. The van der Waals surface area contributed by atoms with E-state index in [1.54, 1.807) is 17.9 Å². The summed E-state index contributed by atoms with van der Waals surface area (Å²) < 4.78 is 66.9. The molecule has 0 atom stereocenters. The van der Waals surface area contributed by atoms with Crippen molar-refractivity contribution >= 4 is 33.5 Å². The van der Waals surface area contributed by atoms with Gasteiger partial charge in [0.15, 0.2) is 5.82 Å². The third-order valence-corrected chi connectivity index (χ3v) is 8.77. The maximum absolute atomic E-state index is 13.6. The van der Waals surface area contributed by atoms with Gasteiger partial charge in [-0.3, -0.25) is 14.4 Å². The fourth-order valence-corrected chi connectivity index (χ4v) is 6.36. The minimum absolute atomic E-state index is 0.0205. The summed E-state index contributed by atoms with van der Waals surface area (Å²) in [5, 5.41) is 3.99. The predicted molar refractivity (Wildman–Crippen MR) is 146 cm³/mol. The zero-order valence-electron chi connectivity index (χ0n) is 23.0. The molecule has 11 nitrogen and oxygen atoms in total. The number of alkyl halides is 3. The van der Waals surface area contributed by atoms with Gasteiger partial charge in [0.2, 0.25) is 15.9 Å². The smallest absolute Gasteiger partial charge is 0.370 e. The van der Waals surface area contributed by atoms with Crippen molar-refractivity contribution in [2.45, 2.75) is 32.5 Å². The van der Waals surface area contributed by atoms with Crippen LogP contribution in [-0.4, -0.2) is 103 Å². The molecule has 1 N–H and O–H groups in total. The molecule has 3 fully saturated rings. The Morgan fingerprint density at radius 2 is 1.66 bits per heavy atom. The Morgan fingerprint density at radius 3 is 2.24 bits per heavy atom. The summed E-state index contributed by atoms with van der Waals surface area (Å²) in [4.78, 5) is 32.1. The van der Waals surface area contributed by atoms with Crippen molar-refractivity contribution in [3.8, 4) is 0 Å². The molecule has 224 valence electrons. The van der Waals surface area contributed by atoms with Gasteiger partial charge in [-0.1, -0.05) is 6.07 Å². The highest BCUT2D eigenvalue weighted by atomic mass is 32.2. The van der Waals surface area contributed by atoms with E-state index in [0.717, 1.165) is 35.4 Å². The molecule has 3 aliphatic rings. The number of likely N-dealkylation sites (tertiary alicyclic amines) is 1. The molecule has 0 saturated carbocycles. The van der Waals surface area contributed by atoms with Crippen molar-refractivity contribution in [3.63, 3.8) is 0 Å². The van der Waals surface area contributed by atoms with Gasteiger partial charge in [0.05, 0.1) is 11.8 Å². The average molecular weight is 598 g/mol. The first kappa shape index (κ1) is 29.2. The predicted octanol–water partition coefficient (Wildman–Crippen LogP) is 2.51. The Hall–Kier alpha value is -3.33. The van der Waals surface area contributed by atoms with Crippen molar-refractivity contribution in [1.29, 1.82) is 0 Å². The van der Waals surface area contributed by atoms with Crippen LogP contribution in [0.5, 0.6) is 0 Å². The molecular formula is C26H34F3N7O4S. The largest absolute Gasteiger partial charge is 0.416 e. The quantitative estimate of drug-likeness (QED) is 0.564. The topological polar surface area (TPSA) is 111 Å². The van der Waals surface area contributed by atoms with E-state index in [1.165, 1.54) is 18.3 Å². The number of hydrogen-bond donors (Lipinski definition) is 1. The number of carbonyl (C=O) groups is 2. The van der Waals surface area contributed by atoms with Crippen molar-refractivity contribution in [2.75, 3.05) is 68.2 Å². The van der Waals surface area contributed by atoms with Crippen molar-refractivity contribution in [3.05, 3.63) is 41.6 Å². The lowest BCUT2D eigenvalue weighted by atomic mass is 9.71. The third kappa shape index (κ3) is 6.61. The zero-order chi connectivity index (χ0) is 29.6. The number of halogens is 3. The summed E-state index contributed by atoms with van der Waals surface area (Å²) >= 11 is 0. The van der Waals surface area contributed by atoms with Crippen molar-refractivity contribution in [2.24, 2.45) is 5.41 Å². The molecule has 3 saturated heterocycles. The molecule has 4 heterocycles. The molecule has 0 unspecified atom stereocenters. The van der Waals surface area contributed by atoms with Gasteiger partial charge in [-0.25, -0.2) is 13.2 Å². The standard InChI is InChI=1S/C26H34F3N7O4S/c1-19(37)33-9-6-25(7-10-33)17-35(18-25)22-15-21(26(27,28)29)4-3-20(22)16-32-11-13-34(14-12-32)24(38)36-8-5-23(30-36)31-41(2,39)40/h3-5,8,15H,6-7,9-14,16-18H2,1-2H3,(H,30,31). The van der Waals surface area contributed by atoms with Crippen LogP contribution in [0.1, 0.15) is 30.9 Å². The minimum atomic E-state index is -4.45. The van der Waals surface area contributed by atoms with E-state index in [1.807, 2.05) is 9.80 Å². The highest BCUT2D eigenvalue weighted by Crippen LogP contribution is 2.45. The number of sulfonamides is 1. The van der Waals surface area contributed by atoms with Crippen molar-refractivity contribution in [1.82, 2.24) is 24.5 Å². The van der Waals surface area contributed by atoms with Crippen LogP contribution < -0.4 is 9.62 Å². The van der Waals surface area contributed by atoms with Crippen LogP contribution in [0, 0.1) is 5.41 Å². The second-order valence-corrected chi connectivity index (χ2v) is 13.0. The molecule has 5 rings (SSSR count). The van der Waals surface area contributed by atoms with Gasteiger partial charge in [-0.15, -0.1) is 5.10 Å². The molecule has 2 aromatic rings. The van der Waals surface area contributed by atoms with E-state index in [2.05, 4.69) is 14.7 Å². The summed E-state index contributed by atoms with van der Waals surface area (Å²) in [7, 11) is -3.52. The fourth-order valence-electron chi connectivity index (χ4n) is 5.87. The Kier molecular flexibility index (Phi) is 7.70. The molecule has 15 heteroatoms. The van der Waals surface area contributed by atoms with E-state index in [4.69, 9.17) is 0 Å². The lowest BCUT2D eigenvalue weighted by Gasteiger charge is -2.55. The third-order valence-electron chi connectivity index (χ3n) is 8.19. The van der Waals surface area contributed by atoms with E-state index in [9.17, 15) is 31.2 Å². The molecule has 2 amide bonds. The lowest BCUT2D eigenvalue weighted by molar-refractivity contribution is -0.137. The number of piperazine rings is 1. The maximum atomic E-state index is 13.6. The molecule has 1 aromatic heterocycles. The highest BCUT2D eigenvalue weighted by molar-refractivity contribution is 7.92. The number of rotatable bonds is 5.